The molecule has 4 aromatic rings. The predicted molar refractivity (Wildman–Crippen MR) is 134 cm³/mol. The average molecular weight is 488 g/mol. The summed E-state index contributed by atoms with van der Waals surface area (Å²) in [5, 5.41) is 0.408. The minimum absolute atomic E-state index is 0.124. The average Bonchev–Trinajstić information content (AvgIpc) is 3.39. The fourth-order valence-electron chi connectivity index (χ4n) is 4.15. The number of ether oxygens (including phenoxy) is 4. The lowest BCUT2D eigenvalue weighted by molar-refractivity contribution is 0.0734. The highest BCUT2D eigenvalue weighted by Gasteiger charge is 2.26. The van der Waals surface area contributed by atoms with Gasteiger partial charge in [0.1, 0.15) is 17.3 Å². The van der Waals surface area contributed by atoms with E-state index in [0.717, 1.165) is 0 Å². The summed E-state index contributed by atoms with van der Waals surface area (Å²) in [5.74, 6) is 2.51. The number of methoxy groups -OCH3 is 2. The highest BCUT2D eigenvalue weighted by atomic mass is 16.7. The fourth-order valence-corrected chi connectivity index (χ4v) is 4.15. The Kier molecular flexibility index (Phi) is 5.97. The molecule has 0 saturated carbocycles. The van der Waals surface area contributed by atoms with Crippen LogP contribution < -0.4 is 24.5 Å². The number of hydrogen-bond acceptors (Lipinski definition) is 7. The van der Waals surface area contributed by atoms with Gasteiger partial charge in [-0.2, -0.15) is 0 Å². The summed E-state index contributed by atoms with van der Waals surface area (Å²) < 4.78 is 22.9. The van der Waals surface area contributed by atoms with Crippen molar-refractivity contribution in [3.63, 3.8) is 0 Å². The molecule has 5 rings (SSSR count). The lowest BCUT2D eigenvalue weighted by Gasteiger charge is -2.27. The Balaban J connectivity index is 1.62. The molecular weight excluding hydrogens is 462 g/mol. The van der Waals surface area contributed by atoms with Gasteiger partial charge < -0.3 is 23.8 Å². The highest BCUT2D eigenvalue weighted by molar-refractivity contribution is 5.95. The van der Waals surface area contributed by atoms with Crippen LogP contribution in [0.25, 0.3) is 16.6 Å². The second-order valence-corrected chi connectivity index (χ2v) is 8.35. The molecule has 2 heterocycles. The molecule has 0 bridgehead atoms. The largest absolute Gasteiger partial charge is 0.497 e. The second-order valence-electron chi connectivity index (χ2n) is 8.35. The van der Waals surface area contributed by atoms with Crippen LogP contribution in [-0.2, 0) is 0 Å². The van der Waals surface area contributed by atoms with E-state index >= 15 is 0 Å². The van der Waals surface area contributed by atoms with Gasteiger partial charge in [0.15, 0.2) is 11.5 Å². The first-order valence-electron chi connectivity index (χ1n) is 11.3. The van der Waals surface area contributed by atoms with Crippen LogP contribution in [0, 0.1) is 0 Å². The molecule has 1 atom stereocenters. The molecule has 1 aromatic heterocycles. The molecule has 36 heavy (non-hydrogen) atoms. The Morgan fingerprint density at radius 3 is 2.39 bits per heavy atom. The van der Waals surface area contributed by atoms with Crippen molar-refractivity contribution >= 4 is 16.8 Å². The molecular formula is C27H25N3O6. The Morgan fingerprint density at radius 2 is 1.67 bits per heavy atom. The maximum Gasteiger partial charge on any atom is 0.266 e. The summed E-state index contributed by atoms with van der Waals surface area (Å²) in [6.45, 7) is 1.96. The number of fused-ring (bicyclic) bond motifs is 2. The van der Waals surface area contributed by atoms with E-state index in [9.17, 15) is 9.59 Å². The number of amides is 1. The molecule has 0 aliphatic carbocycles. The number of carbonyl (C=O) groups is 1. The molecule has 9 heteroatoms. The first-order valence-corrected chi connectivity index (χ1v) is 11.3. The van der Waals surface area contributed by atoms with Crippen molar-refractivity contribution in [2.75, 3.05) is 28.1 Å². The number of rotatable bonds is 6. The Labute approximate surface area is 207 Å². The van der Waals surface area contributed by atoms with Crippen molar-refractivity contribution < 1.29 is 23.7 Å². The van der Waals surface area contributed by atoms with Crippen LogP contribution in [-0.4, -0.2) is 48.4 Å². The van der Waals surface area contributed by atoms with E-state index in [4.69, 9.17) is 23.9 Å². The van der Waals surface area contributed by atoms with Crippen molar-refractivity contribution in [3.8, 4) is 28.7 Å². The molecule has 3 aromatic carbocycles. The van der Waals surface area contributed by atoms with Gasteiger partial charge in [0.25, 0.3) is 11.5 Å². The van der Waals surface area contributed by atoms with E-state index < -0.39 is 6.04 Å². The molecule has 9 nitrogen and oxygen atoms in total. The van der Waals surface area contributed by atoms with E-state index in [1.807, 2.05) is 6.92 Å². The molecule has 1 amide bonds. The van der Waals surface area contributed by atoms with Gasteiger partial charge in [-0.1, -0.05) is 0 Å². The third-order valence-electron chi connectivity index (χ3n) is 6.33. The van der Waals surface area contributed by atoms with Crippen LogP contribution in [0.15, 0.2) is 65.5 Å². The molecule has 0 fully saturated rings. The van der Waals surface area contributed by atoms with Crippen LogP contribution in [0.4, 0.5) is 0 Å². The van der Waals surface area contributed by atoms with Gasteiger partial charge in [0.05, 0.1) is 36.9 Å². The van der Waals surface area contributed by atoms with E-state index in [-0.39, 0.29) is 18.3 Å². The molecule has 0 saturated heterocycles. The minimum Gasteiger partial charge on any atom is -0.497 e. The monoisotopic (exact) mass is 487 g/mol. The molecule has 1 aliphatic heterocycles. The van der Waals surface area contributed by atoms with E-state index in [2.05, 4.69) is 0 Å². The standard InChI is InChI=1S/C27H25N3O6/c1-16(29(2)26(31)17-5-12-23-24(13-17)36-15-35-23)25-28-22-11-10-20(34-4)14-21(22)27(32)30(25)18-6-8-19(33-3)9-7-18/h5-14,16H,15H2,1-4H3. The highest BCUT2D eigenvalue weighted by Crippen LogP contribution is 2.33. The first-order chi connectivity index (χ1) is 17.4. The van der Waals surface area contributed by atoms with Gasteiger partial charge >= 0.3 is 0 Å². The zero-order valence-electron chi connectivity index (χ0n) is 20.3. The SMILES string of the molecule is COc1ccc(-n2c(C(C)N(C)C(=O)c3ccc4c(c3)OCO4)nc3ccc(OC)cc3c2=O)cc1. The number of aromatic nitrogens is 2. The quantitative estimate of drug-likeness (QED) is 0.406. The molecule has 0 radical (unpaired) electrons. The number of nitrogens with zero attached hydrogens (tertiary/aromatic N) is 3. The van der Waals surface area contributed by atoms with Gasteiger partial charge in [-0.25, -0.2) is 4.98 Å². The van der Waals surface area contributed by atoms with Crippen molar-refractivity contribution in [2.45, 2.75) is 13.0 Å². The van der Waals surface area contributed by atoms with E-state index in [1.165, 1.54) is 4.57 Å². The second kappa shape index (κ2) is 9.26. The van der Waals surface area contributed by atoms with Crippen LogP contribution >= 0.6 is 0 Å². The third-order valence-corrected chi connectivity index (χ3v) is 6.33. The van der Waals surface area contributed by atoms with Crippen LogP contribution in [0.1, 0.15) is 29.1 Å². The molecule has 1 unspecified atom stereocenters. The maximum absolute atomic E-state index is 13.8. The number of hydrogen-bond donors (Lipinski definition) is 0. The van der Waals surface area contributed by atoms with Crippen molar-refractivity contribution in [1.29, 1.82) is 0 Å². The van der Waals surface area contributed by atoms with Gasteiger partial charge in [-0.3, -0.25) is 14.2 Å². The lowest BCUT2D eigenvalue weighted by atomic mass is 10.1. The number of benzene rings is 3. The topological polar surface area (TPSA) is 92.1 Å². The summed E-state index contributed by atoms with van der Waals surface area (Å²) >= 11 is 0. The van der Waals surface area contributed by atoms with Crippen LogP contribution in [0.3, 0.4) is 0 Å². The van der Waals surface area contributed by atoms with Gasteiger partial charge in [-0.15, -0.1) is 0 Å². The lowest BCUT2D eigenvalue weighted by Crippen LogP contribution is -2.34. The van der Waals surface area contributed by atoms with Crippen molar-refractivity contribution in [3.05, 3.63) is 82.4 Å². The number of carbonyl (C=O) groups excluding carboxylic acids is 1. The van der Waals surface area contributed by atoms with Gasteiger partial charge in [0, 0.05) is 12.6 Å². The third kappa shape index (κ3) is 3.98. The molecule has 0 spiro atoms. The minimum atomic E-state index is -0.552. The van der Waals surface area contributed by atoms with Crippen molar-refractivity contribution in [1.82, 2.24) is 14.5 Å². The Morgan fingerprint density at radius 1 is 0.972 bits per heavy atom. The molecule has 1 aliphatic rings. The van der Waals surface area contributed by atoms with Gasteiger partial charge in [-0.05, 0) is 67.6 Å². The summed E-state index contributed by atoms with van der Waals surface area (Å²) in [5.41, 5.74) is 1.28. The Bertz CT molecular complexity index is 1510. The van der Waals surface area contributed by atoms with E-state index in [1.54, 1.807) is 86.8 Å². The fraction of sp³-hybridized carbons (Fsp3) is 0.222. The summed E-state index contributed by atoms with van der Waals surface area (Å²) in [6.07, 6.45) is 0. The maximum atomic E-state index is 13.8. The molecule has 184 valence electrons. The van der Waals surface area contributed by atoms with Crippen LogP contribution in [0.5, 0.6) is 23.0 Å². The summed E-state index contributed by atoms with van der Waals surface area (Å²) in [7, 11) is 4.80. The van der Waals surface area contributed by atoms with Crippen molar-refractivity contribution in [2.24, 2.45) is 0 Å². The predicted octanol–water partition coefficient (Wildman–Crippen LogP) is 3.96. The normalized spacial score (nSPS) is 12.9. The molecule has 0 N–H and O–H groups in total. The smallest absolute Gasteiger partial charge is 0.266 e. The van der Waals surface area contributed by atoms with Gasteiger partial charge in [0.2, 0.25) is 6.79 Å². The first kappa shape index (κ1) is 23.2. The van der Waals surface area contributed by atoms with E-state index in [0.29, 0.717) is 51.0 Å². The zero-order chi connectivity index (χ0) is 25.4. The Hall–Kier alpha value is -4.53. The zero-order valence-corrected chi connectivity index (χ0v) is 20.3. The van der Waals surface area contributed by atoms with Crippen LogP contribution in [0.2, 0.25) is 0 Å². The summed E-state index contributed by atoms with van der Waals surface area (Å²) in [6, 6.07) is 16.8. The summed E-state index contributed by atoms with van der Waals surface area (Å²) in [4.78, 5) is 33.5.